The van der Waals surface area contributed by atoms with Crippen LogP contribution in [0.5, 0.6) is 0 Å². The van der Waals surface area contributed by atoms with Crippen LogP contribution in [-0.2, 0) is 6.42 Å². The Morgan fingerprint density at radius 1 is 0.697 bits per heavy atom. The molecule has 0 spiro atoms. The molecule has 4 heteroatoms. The highest BCUT2D eigenvalue weighted by atomic mass is 15.3. The van der Waals surface area contributed by atoms with Crippen LogP contribution in [0.1, 0.15) is 36.8 Å². The van der Waals surface area contributed by atoms with Gasteiger partial charge in [-0.1, -0.05) is 86.6 Å². The Kier molecular flexibility index (Phi) is 6.36. The Labute approximate surface area is 196 Å². The first kappa shape index (κ1) is 21.6. The summed E-state index contributed by atoms with van der Waals surface area (Å²) in [5.74, 6) is 2.58. The lowest BCUT2D eigenvalue weighted by Crippen LogP contribution is -2.48. The smallest absolute Gasteiger partial charge is 0.140 e. The van der Waals surface area contributed by atoms with E-state index in [1.807, 2.05) is 0 Å². The number of hydrogen-bond donors (Lipinski definition) is 0. The zero-order valence-corrected chi connectivity index (χ0v) is 19.6. The van der Waals surface area contributed by atoms with Crippen molar-refractivity contribution >= 4 is 16.7 Å². The highest BCUT2D eigenvalue weighted by molar-refractivity contribution is 5.89. The summed E-state index contributed by atoms with van der Waals surface area (Å²) < 4.78 is 0. The monoisotopic (exact) mass is 436 g/mol. The van der Waals surface area contributed by atoms with E-state index in [9.17, 15) is 0 Å². The maximum atomic E-state index is 5.05. The molecule has 0 N–H and O–H groups in total. The topological polar surface area (TPSA) is 32.3 Å². The van der Waals surface area contributed by atoms with Gasteiger partial charge >= 0.3 is 0 Å². The highest BCUT2D eigenvalue weighted by Gasteiger charge is 2.27. The first-order valence-corrected chi connectivity index (χ1v) is 12.0. The number of fused-ring (bicyclic) bond motifs is 1. The van der Waals surface area contributed by atoms with Crippen LogP contribution in [0, 0.1) is 5.92 Å². The van der Waals surface area contributed by atoms with Crippen molar-refractivity contribution in [1.29, 1.82) is 0 Å². The predicted octanol–water partition coefficient (Wildman–Crippen LogP) is 5.74. The van der Waals surface area contributed by atoms with E-state index in [2.05, 4.69) is 109 Å². The highest BCUT2D eigenvalue weighted by Crippen LogP contribution is 2.31. The van der Waals surface area contributed by atoms with Crippen LogP contribution in [-0.4, -0.2) is 41.0 Å². The van der Waals surface area contributed by atoms with Crippen LogP contribution in [0.3, 0.4) is 0 Å². The SMILES string of the molecule is CC(C)Cc1nc(N2CCN(C(c3ccccc3)c3ccccc3)CC2)c2ccccc2n1. The van der Waals surface area contributed by atoms with Crippen molar-refractivity contribution in [2.24, 2.45) is 5.92 Å². The number of piperazine rings is 1. The van der Waals surface area contributed by atoms with Gasteiger partial charge < -0.3 is 4.90 Å². The predicted molar refractivity (Wildman–Crippen MR) is 137 cm³/mol. The molecule has 0 unspecified atom stereocenters. The van der Waals surface area contributed by atoms with Gasteiger partial charge in [0.05, 0.1) is 11.6 Å². The van der Waals surface area contributed by atoms with Crippen LogP contribution in [0.15, 0.2) is 84.9 Å². The summed E-state index contributed by atoms with van der Waals surface area (Å²) in [4.78, 5) is 15.0. The largest absolute Gasteiger partial charge is 0.353 e. The van der Waals surface area contributed by atoms with Gasteiger partial charge in [-0.2, -0.15) is 0 Å². The van der Waals surface area contributed by atoms with E-state index in [4.69, 9.17) is 9.97 Å². The molecule has 1 aliphatic rings. The van der Waals surface area contributed by atoms with E-state index < -0.39 is 0 Å². The normalized spacial score (nSPS) is 15.0. The Hall–Kier alpha value is -3.24. The van der Waals surface area contributed by atoms with Gasteiger partial charge in [0.25, 0.3) is 0 Å². The molecule has 168 valence electrons. The Morgan fingerprint density at radius 3 is 1.88 bits per heavy atom. The average Bonchev–Trinajstić information content (AvgIpc) is 2.85. The fraction of sp³-hybridized carbons (Fsp3) is 0.310. The first-order chi connectivity index (χ1) is 16.2. The zero-order valence-electron chi connectivity index (χ0n) is 19.6. The summed E-state index contributed by atoms with van der Waals surface area (Å²) in [6, 6.07) is 30.5. The molecule has 0 radical (unpaired) electrons. The van der Waals surface area contributed by atoms with Gasteiger partial charge in [-0.25, -0.2) is 9.97 Å². The molecular formula is C29H32N4. The molecule has 4 aromatic rings. The summed E-state index contributed by atoms with van der Waals surface area (Å²) >= 11 is 0. The molecule has 2 heterocycles. The van der Waals surface area contributed by atoms with Gasteiger partial charge in [-0.15, -0.1) is 0 Å². The Morgan fingerprint density at radius 2 is 1.27 bits per heavy atom. The van der Waals surface area contributed by atoms with Crippen molar-refractivity contribution in [3.05, 3.63) is 102 Å². The molecule has 1 fully saturated rings. The van der Waals surface area contributed by atoms with Gasteiger partial charge in [-0.05, 0) is 29.2 Å². The van der Waals surface area contributed by atoms with Crippen LogP contribution in [0.4, 0.5) is 5.82 Å². The maximum absolute atomic E-state index is 5.05. The van der Waals surface area contributed by atoms with Crippen LogP contribution in [0.2, 0.25) is 0 Å². The number of hydrogen-bond acceptors (Lipinski definition) is 4. The lowest BCUT2D eigenvalue weighted by Gasteiger charge is -2.40. The second-order valence-corrected chi connectivity index (χ2v) is 9.33. The number of anilines is 1. The Bertz CT molecular complexity index is 1140. The van der Waals surface area contributed by atoms with Crippen molar-refractivity contribution in [3.8, 4) is 0 Å². The van der Waals surface area contributed by atoms with Gasteiger partial charge in [0.15, 0.2) is 0 Å². The molecule has 0 saturated carbocycles. The molecule has 0 bridgehead atoms. The second-order valence-electron chi connectivity index (χ2n) is 9.33. The lowest BCUT2D eigenvalue weighted by molar-refractivity contribution is 0.212. The second kappa shape index (κ2) is 9.72. The van der Waals surface area contributed by atoms with Crippen LogP contribution >= 0.6 is 0 Å². The lowest BCUT2D eigenvalue weighted by atomic mass is 9.96. The van der Waals surface area contributed by atoms with Crippen molar-refractivity contribution in [2.75, 3.05) is 31.1 Å². The third-order valence-electron chi connectivity index (χ3n) is 6.43. The van der Waals surface area contributed by atoms with E-state index in [1.165, 1.54) is 11.1 Å². The average molecular weight is 437 g/mol. The first-order valence-electron chi connectivity index (χ1n) is 12.0. The summed E-state index contributed by atoms with van der Waals surface area (Å²) in [5, 5.41) is 1.15. The third-order valence-corrected chi connectivity index (χ3v) is 6.43. The van der Waals surface area contributed by atoms with E-state index in [1.54, 1.807) is 0 Å². The van der Waals surface area contributed by atoms with Crippen molar-refractivity contribution < 1.29 is 0 Å². The minimum atomic E-state index is 0.271. The molecule has 0 amide bonds. The van der Waals surface area contributed by atoms with Crippen molar-refractivity contribution in [3.63, 3.8) is 0 Å². The summed E-state index contributed by atoms with van der Waals surface area (Å²) in [6.45, 7) is 8.35. The molecule has 33 heavy (non-hydrogen) atoms. The third kappa shape index (κ3) is 4.76. The van der Waals surface area contributed by atoms with Gasteiger partial charge in [0.2, 0.25) is 0 Å². The standard InChI is InChI=1S/C29H32N4/c1-22(2)21-27-30-26-16-10-9-15-25(26)29(31-27)33-19-17-32(18-20-33)28(23-11-5-3-6-12-23)24-13-7-4-8-14-24/h3-16,22,28H,17-21H2,1-2H3. The molecule has 0 atom stereocenters. The molecule has 1 aromatic heterocycles. The summed E-state index contributed by atoms with van der Waals surface area (Å²) in [7, 11) is 0. The minimum absolute atomic E-state index is 0.271. The zero-order chi connectivity index (χ0) is 22.6. The maximum Gasteiger partial charge on any atom is 0.140 e. The molecule has 3 aromatic carbocycles. The van der Waals surface area contributed by atoms with E-state index in [0.717, 1.165) is 55.1 Å². The number of rotatable bonds is 6. The quantitative estimate of drug-likeness (QED) is 0.386. The fourth-order valence-electron chi connectivity index (χ4n) is 4.88. The number of para-hydroxylation sites is 1. The molecule has 5 rings (SSSR count). The number of nitrogens with zero attached hydrogens (tertiary/aromatic N) is 4. The van der Waals surface area contributed by atoms with Crippen LogP contribution < -0.4 is 4.90 Å². The van der Waals surface area contributed by atoms with E-state index in [-0.39, 0.29) is 6.04 Å². The molecule has 1 aliphatic heterocycles. The molecule has 1 saturated heterocycles. The Balaban J connectivity index is 1.42. The fourth-order valence-corrected chi connectivity index (χ4v) is 4.88. The van der Waals surface area contributed by atoms with Crippen molar-refractivity contribution in [2.45, 2.75) is 26.3 Å². The summed E-state index contributed by atoms with van der Waals surface area (Å²) in [5.41, 5.74) is 3.75. The van der Waals surface area contributed by atoms with Gasteiger partial charge in [0.1, 0.15) is 11.6 Å². The van der Waals surface area contributed by atoms with Crippen molar-refractivity contribution in [1.82, 2.24) is 14.9 Å². The molecular weight excluding hydrogens is 404 g/mol. The molecule has 4 nitrogen and oxygen atoms in total. The van der Waals surface area contributed by atoms with E-state index in [0.29, 0.717) is 5.92 Å². The molecule has 0 aliphatic carbocycles. The number of benzene rings is 3. The van der Waals surface area contributed by atoms with Gasteiger partial charge in [0, 0.05) is 38.0 Å². The number of aromatic nitrogens is 2. The summed E-state index contributed by atoms with van der Waals surface area (Å²) in [6.07, 6.45) is 0.905. The van der Waals surface area contributed by atoms with Gasteiger partial charge in [-0.3, -0.25) is 4.90 Å². The van der Waals surface area contributed by atoms with Crippen LogP contribution in [0.25, 0.3) is 10.9 Å². The minimum Gasteiger partial charge on any atom is -0.353 e. The van der Waals surface area contributed by atoms with E-state index >= 15 is 0 Å².